The van der Waals surface area contributed by atoms with Gasteiger partial charge in [-0.25, -0.2) is 106 Å². The number of carbonyl (C=O) groups excluding carboxylic acids is 4. The molecule has 16 rings (SSSR count). The Hall–Kier alpha value is -10.4. The van der Waals surface area contributed by atoms with Gasteiger partial charge < -0.3 is 24.3 Å². The lowest BCUT2D eigenvalue weighted by Crippen LogP contribution is -2.33. The molecule has 0 radical (unpaired) electrons. The SMILES string of the molecule is CC(=O)N1CC(C)(C)c2ncncc21.CC1(C)CN(C=O)c2cncnc21.CC1(C)CN(S(C)(=O)=O)c2cncnc21.CN1C(=O)C(C)(C)c2ncncc21.CN1CC(C)(C)c2ncncc21.CN1c2cncnc2C(C)(C)S1(=O)=O.CN1c2cncnc2C(C)(C)S1=O.COC(=O)N1CC(C)(C)c2ncncc21. The highest BCUT2D eigenvalue weighted by atomic mass is 32.2. The van der Waals surface area contributed by atoms with Crippen molar-refractivity contribution < 1.29 is 45.0 Å². The van der Waals surface area contributed by atoms with Gasteiger partial charge >= 0.3 is 6.09 Å². The van der Waals surface area contributed by atoms with Crippen LogP contribution in [-0.2, 0) is 92.1 Å². The van der Waals surface area contributed by atoms with Crippen LogP contribution in [-0.4, -0.2) is 199 Å². The summed E-state index contributed by atoms with van der Waals surface area (Å²) in [5.41, 5.74) is 12.6. The molecule has 1 atom stereocenters. The molecule has 582 valence electrons. The second-order valence-electron chi connectivity index (χ2n) is 31.7. The van der Waals surface area contributed by atoms with Gasteiger partial charge in [0.05, 0.1) is 159 Å². The minimum absolute atomic E-state index is 0.0478. The van der Waals surface area contributed by atoms with Crippen LogP contribution in [0, 0.1) is 0 Å². The third-order valence-corrected chi connectivity index (χ3v) is 25.1. The van der Waals surface area contributed by atoms with Crippen molar-refractivity contribution in [2.75, 3.05) is 112 Å². The minimum atomic E-state index is -3.33. The predicted octanol–water partition coefficient (Wildman–Crippen LogP) is 6.98. The number of aromatic nitrogens is 16. The largest absolute Gasteiger partial charge is 0.452 e. The van der Waals surface area contributed by atoms with Crippen molar-refractivity contribution in [3.63, 3.8) is 0 Å². The topological polar surface area (TPSA) is 395 Å². The van der Waals surface area contributed by atoms with Gasteiger partial charge in [0.1, 0.15) is 71.1 Å². The molecule has 37 heteroatoms. The molecule has 0 spiro atoms. The van der Waals surface area contributed by atoms with E-state index in [0.717, 1.165) is 75.6 Å². The number of likely N-dealkylation sites (N-methyl/N-ethyl adjacent to an activating group) is 2. The van der Waals surface area contributed by atoms with Gasteiger partial charge in [-0.05, 0) is 41.5 Å². The zero-order chi connectivity index (χ0) is 80.7. The van der Waals surface area contributed by atoms with E-state index in [-0.39, 0.29) is 45.0 Å². The Balaban J connectivity index is 0.000000144. The first-order chi connectivity index (χ1) is 50.6. The summed E-state index contributed by atoms with van der Waals surface area (Å²) in [4.78, 5) is 119. The van der Waals surface area contributed by atoms with Crippen LogP contribution in [0.2, 0.25) is 0 Å². The van der Waals surface area contributed by atoms with Crippen molar-refractivity contribution in [1.29, 1.82) is 0 Å². The zero-order valence-corrected chi connectivity index (χ0v) is 68.3. The highest BCUT2D eigenvalue weighted by Gasteiger charge is 2.51. The van der Waals surface area contributed by atoms with Gasteiger partial charge in [-0.3, -0.25) is 32.2 Å². The Morgan fingerprint density at radius 2 is 0.826 bits per heavy atom. The molecule has 0 fully saturated rings. The van der Waals surface area contributed by atoms with Gasteiger partial charge in [-0.15, -0.1) is 0 Å². The fraction of sp³-hybridized carbons (Fsp3) is 0.500. The summed E-state index contributed by atoms with van der Waals surface area (Å²) >= 11 is 0. The van der Waals surface area contributed by atoms with Gasteiger partial charge in [-0.1, -0.05) is 69.2 Å². The molecule has 0 N–H and O–H groups in total. The van der Waals surface area contributed by atoms with Crippen molar-refractivity contribution in [3.8, 4) is 0 Å². The van der Waals surface area contributed by atoms with Crippen molar-refractivity contribution in [1.82, 2.24) is 79.7 Å². The number of amides is 4. The average molecular weight is 1550 g/mol. The van der Waals surface area contributed by atoms with E-state index >= 15 is 0 Å². The monoisotopic (exact) mass is 1550 g/mol. The molecule has 8 aliphatic heterocycles. The fourth-order valence-corrected chi connectivity index (χ4v) is 17.9. The van der Waals surface area contributed by atoms with E-state index in [1.54, 1.807) is 102 Å². The molecule has 0 saturated carbocycles. The summed E-state index contributed by atoms with van der Waals surface area (Å²) < 4.78 is 66.5. The normalized spacial score (nSPS) is 19.7. The lowest BCUT2D eigenvalue weighted by Gasteiger charge is -2.19. The summed E-state index contributed by atoms with van der Waals surface area (Å²) in [5.74, 6) is 0.120. The number of hydrogen-bond acceptors (Lipinski definition) is 27. The van der Waals surface area contributed by atoms with Crippen LogP contribution in [0.1, 0.15) is 163 Å². The Kier molecular flexibility index (Phi) is 23.2. The number of anilines is 8. The van der Waals surface area contributed by atoms with Gasteiger partial charge in [0.25, 0.3) is 0 Å². The quantitative estimate of drug-likeness (QED) is 0.157. The molecule has 34 nitrogen and oxygen atoms in total. The van der Waals surface area contributed by atoms with Crippen LogP contribution in [0.3, 0.4) is 0 Å². The molecule has 0 bridgehead atoms. The molecule has 8 aromatic heterocycles. The number of carbonyl (C=O) groups is 4. The number of ether oxygens (including phenoxy) is 1. The van der Waals surface area contributed by atoms with Crippen molar-refractivity contribution in [2.24, 2.45) is 0 Å². The van der Waals surface area contributed by atoms with Gasteiger partial charge in [0.2, 0.25) is 38.3 Å². The third-order valence-electron chi connectivity index (χ3n) is 19.8. The van der Waals surface area contributed by atoms with Gasteiger partial charge in [0, 0.05) is 94.9 Å². The second-order valence-corrected chi connectivity index (χ2v) is 38.2. The van der Waals surface area contributed by atoms with E-state index in [2.05, 4.69) is 133 Å². The lowest BCUT2D eigenvalue weighted by molar-refractivity contribution is -0.122. The van der Waals surface area contributed by atoms with Crippen LogP contribution in [0.5, 0.6) is 0 Å². The first-order valence-corrected chi connectivity index (χ1v) is 39.0. The molecule has 16 heterocycles. The molecular weight excluding hydrogens is 1460 g/mol. The smallest absolute Gasteiger partial charge is 0.414 e. The van der Waals surface area contributed by atoms with E-state index in [1.165, 1.54) is 90.9 Å². The molecule has 0 aliphatic carbocycles. The Bertz CT molecular complexity index is 4940. The van der Waals surface area contributed by atoms with Crippen molar-refractivity contribution in [2.45, 2.75) is 160 Å². The van der Waals surface area contributed by atoms with Gasteiger partial charge in [-0.2, -0.15) is 0 Å². The maximum absolute atomic E-state index is 11.9. The van der Waals surface area contributed by atoms with E-state index in [1.807, 2.05) is 61.6 Å². The van der Waals surface area contributed by atoms with Crippen molar-refractivity contribution >= 4 is 101 Å². The number of fused-ring (bicyclic) bond motifs is 8. The molecule has 109 heavy (non-hydrogen) atoms. The van der Waals surface area contributed by atoms with Crippen LogP contribution < -0.4 is 37.4 Å². The van der Waals surface area contributed by atoms with E-state index in [9.17, 15) is 40.2 Å². The Morgan fingerprint density at radius 1 is 0.468 bits per heavy atom. The van der Waals surface area contributed by atoms with E-state index in [4.69, 9.17) is 4.74 Å². The standard InChI is InChI=1S/C10H13N3O2.C10H13N3O.C9H13N3O2S.2C9H11N3O.C9H13N3.C8H11N3O2S.C8H11N3OS/c1-10(2)5-13(9(14)15-3)7-4-11-6-12-8(7)10;1-7(14)13-5-10(2,3)9-8(13)4-11-6-12-9;1-9(2)5-12(15(3,13)14)7-4-10-6-11-8(7)9;1-9(2)4-12(6-13)7-3-10-5-11-8(7)9;1-9(2)7-6(4-10-5-11-7)12(3)8(9)13;1-9(2)5-12(3)7-4-10-6-11-8(7)9;1-8(2)7-6(4-9-5-10-7)11(3)14(8,12)13;1-8(2)7-6(4-9-5-10-7)11(3)13(8)12/h4,6H,5H2,1-3H3;4,6H,5H2,1-3H3;4,6H,5H2,1-3H3;3,5-6H,4H2,1-2H3;4-5H,1-3H3;4,6H,5H2,1-3H3;4-5H,1-3H3;4-5H,1-3H3. The Morgan fingerprint density at radius 3 is 1.27 bits per heavy atom. The highest BCUT2D eigenvalue weighted by molar-refractivity contribution is 7.94. The Labute approximate surface area is 639 Å². The van der Waals surface area contributed by atoms with Crippen LogP contribution in [0.25, 0.3) is 0 Å². The summed E-state index contributed by atoms with van der Waals surface area (Å²) in [5, 5.41) is 0. The van der Waals surface area contributed by atoms with Crippen LogP contribution in [0.4, 0.5) is 50.3 Å². The highest BCUT2D eigenvalue weighted by Crippen LogP contribution is 2.46. The minimum Gasteiger partial charge on any atom is -0.452 e. The van der Waals surface area contributed by atoms with Crippen molar-refractivity contribution in [3.05, 3.63) is 146 Å². The second kappa shape index (κ2) is 30.6. The molecule has 4 amide bonds. The summed E-state index contributed by atoms with van der Waals surface area (Å²) in [6.07, 6.45) is 27.0. The summed E-state index contributed by atoms with van der Waals surface area (Å²) in [6, 6.07) is 0. The number of rotatable bonds is 2. The predicted molar refractivity (Wildman–Crippen MR) is 414 cm³/mol. The molecule has 8 aliphatic rings. The van der Waals surface area contributed by atoms with E-state index in [0.29, 0.717) is 43.2 Å². The zero-order valence-electron chi connectivity index (χ0n) is 65.9. The maximum atomic E-state index is 11.9. The lowest BCUT2D eigenvalue weighted by atomic mass is 9.91. The number of hydrogen-bond donors (Lipinski definition) is 0. The molecular formula is C72H96N24O10S3. The van der Waals surface area contributed by atoms with Gasteiger partial charge in [0.15, 0.2) is 0 Å². The number of sulfonamides is 2. The maximum Gasteiger partial charge on any atom is 0.414 e. The van der Waals surface area contributed by atoms with Crippen LogP contribution >= 0.6 is 0 Å². The number of methoxy groups -OCH3 is 1. The molecule has 8 aromatic rings. The van der Waals surface area contributed by atoms with E-state index < -0.39 is 45.9 Å². The summed E-state index contributed by atoms with van der Waals surface area (Å²) in [6.45, 7) is 36.7. The number of nitrogens with zero attached hydrogens (tertiary/aromatic N) is 24. The first-order valence-electron chi connectivity index (χ1n) is 34.6. The average Bonchev–Trinajstić information content (AvgIpc) is 1.57. The third kappa shape index (κ3) is 16.1. The summed E-state index contributed by atoms with van der Waals surface area (Å²) in [7, 11) is 0.912. The molecule has 1 unspecified atom stereocenters. The van der Waals surface area contributed by atoms with Crippen LogP contribution in [0.15, 0.2) is 100 Å². The first kappa shape index (κ1) is 82.6. The fourth-order valence-electron chi connectivity index (χ4n) is 14.0. The molecule has 0 aromatic carbocycles. The molecule has 0 saturated heterocycles.